The lowest BCUT2D eigenvalue weighted by Gasteiger charge is -2.64. The molecular weight excluding hydrogens is 272 g/mol. The molecule has 0 aromatic rings. The second-order valence-electron chi connectivity index (χ2n) is 9.69. The van der Waals surface area contributed by atoms with Gasteiger partial charge in [0.05, 0.1) is 0 Å². The van der Waals surface area contributed by atoms with Crippen molar-refractivity contribution in [2.24, 2.45) is 34.0 Å². The van der Waals surface area contributed by atoms with Crippen LogP contribution in [0.5, 0.6) is 0 Å². The van der Waals surface area contributed by atoms with Crippen LogP contribution in [0.3, 0.4) is 0 Å². The molecule has 122 valence electrons. The van der Waals surface area contributed by atoms with Gasteiger partial charge in [-0.05, 0) is 67.1 Å². The van der Waals surface area contributed by atoms with Gasteiger partial charge in [0, 0.05) is 11.8 Å². The third-order valence-corrected chi connectivity index (χ3v) is 8.34. The van der Waals surface area contributed by atoms with Crippen LogP contribution in [0, 0.1) is 34.0 Å². The molecule has 4 fully saturated rings. The molecule has 1 N–H and O–H groups in total. The van der Waals surface area contributed by atoms with Gasteiger partial charge in [0.25, 0.3) is 0 Å². The standard InChI is InChI=1S/C20H30O2/c1-12-9-20-8-7-15-18(2,3)17(22)14(21)11-19(15,4)16(20)6-5-13(12)10-20/h13,15-17,22H,1,5-11H2,2-4H3/t13-,15+,16-,17+,19+,20+/m0/s1. The SMILES string of the molecule is C=C1C[C@@]23CC[C@@H]4C(C)(C)[C@H](O)C(=O)C[C@@]4(C)[C@@H]2CC[C@H]1C3. The zero-order chi connectivity index (χ0) is 15.9. The maximum atomic E-state index is 12.5. The summed E-state index contributed by atoms with van der Waals surface area (Å²) in [5.41, 5.74) is 1.70. The van der Waals surface area contributed by atoms with Crippen LogP contribution in [0.2, 0.25) is 0 Å². The zero-order valence-corrected chi connectivity index (χ0v) is 14.3. The molecule has 6 atom stereocenters. The quantitative estimate of drug-likeness (QED) is 0.683. The summed E-state index contributed by atoms with van der Waals surface area (Å²) < 4.78 is 0. The molecule has 1 spiro atoms. The normalized spacial score (nSPS) is 53.1. The molecule has 4 aliphatic rings. The van der Waals surface area contributed by atoms with Gasteiger partial charge in [-0.2, -0.15) is 0 Å². The summed E-state index contributed by atoms with van der Waals surface area (Å²) in [6, 6.07) is 0. The smallest absolute Gasteiger partial charge is 0.162 e. The van der Waals surface area contributed by atoms with Gasteiger partial charge in [-0.25, -0.2) is 0 Å². The molecule has 2 heteroatoms. The van der Waals surface area contributed by atoms with Gasteiger partial charge in [-0.15, -0.1) is 0 Å². The third kappa shape index (κ3) is 1.63. The number of aliphatic hydroxyl groups is 1. The maximum absolute atomic E-state index is 12.5. The van der Waals surface area contributed by atoms with Crippen molar-refractivity contribution in [1.82, 2.24) is 0 Å². The third-order valence-electron chi connectivity index (χ3n) is 8.34. The van der Waals surface area contributed by atoms with Crippen LogP contribution in [0.25, 0.3) is 0 Å². The molecule has 0 radical (unpaired) electrons. The van der Waals surface area contributed by atoms with E-state index in [1.807, 2.05) is 0 Å². The molecule has 0 heterocycles. The van der Waals surface area contributed by atoms with Gasteiger partial charge in [-0.3, -0.25) is 4.79 Å². The largest absolute Gasteiger partial charge is 0.385 e. The average Bonchev–Trinajstić information content (AvgIpc) is 2.66. The van der Waals surface area contributed by atoms with Crippen LogP contribution in [0.4, 0.5) is 0 Å². The minimum atomic E-state index is -0.769. The first-order chi connectivity index (χ1) is 10.2. The Hall–Kier alpha value is -0.630. The van der Waals surface area contributed by atoms with Crippen molar-refractivity contribution in [1.29, 1.82) is 0 Å². The molecule has 0 aliphatic heterocycles. The van der Waals surface area contributed by atoms with E-state index in [4.69, 9.17) is 0 Å². The van der Waals surface area contributed by atoms with E-state index in [9.17, 15) is 9.90 Å². The monoisotopic (exact) mass is 302 g/mol. The van der Waals surface area contributed by atoms with Crippen molar-refractivity contribution in [3.8, 4) is 0 Å². The number of Topliss-reactive ketones (excluding diaryl/α,β-unsaturated/α-hetero) is 1. The topological polar surface area (TPSA) is 37.3 Å². The average molecular weight is 302 g/mol. The fourth-order valence-corrected chi connectivity index (χ4v) is 7.49. The number of hydrogen-bond acceptors (Lipinski definition) is 2. The Morgan fingerprint density at radius 2 is 1.82 bits per heavy atom. The molecule has 22 heavy (non-hydrogen) atoms. The van der Waals surface area contributed by atoms with Crippen molar-refractivity contribution in [3.63, 3.8) is 0 Å². The Balaban J connectivity index is 1.77. The van der Waals surface area contributed by atoms with Crippen molar-refractivity contribution in [2.75, 3.05) is 0 Å². The molecule has 4 saturated carbocycles. The predicted octanol–water partition coefficient (Wildman–Crippen LogP) is 4.13. The number of aliphatic hydroxyl groups excluding tert-OH is 1. The summed E-state index contributed by atoms with van der Waals surface area (Å²) in [5, 5.41) is 10.5. The first kappa shape index (κ1) is 14.9. The van der Waals surface area contributed by atoms with E-state index in [1.54, 1.807) is 0 Å². The molecule has 4 rings (SSSR count). The number of ketones is 1. The van der Waals surface area contributed by atoms with Crippen LogP contribution >= 0.6 is 0 Å². The molecule has 0 aromatic heterocycles. The molecule has 0 aromatic carbocycles. The number of allylic oxidation sites excluding steroid dienone is 1. The fraction of sp³-hybridized carbons (Fsp3) is 0.850. The highest BCUT2D eigenvalue weighted by Crippen LogP contribution is 2.71. The van der Waals surface area contributed by atoms with Gasteiger partial charge in [0.1, 0.15) is 6.10 Å². The Morgan fingerprint density at radius 3 is 2.55 bits per heavy atom. The molecule has 0 amide bonds. The number of carbonyl (C=O) groups is 1. The highest BCUT2D eigenvalue weighted by atomic mass is 16.3. The summed E-state index contributed by atoms with van der Waals surface area (Å²) in [7, 11) is 0. The second kappa shape index (κ2) is 4.26. The zero-order valence-electron chi connectivity index (χ0n) is 14.3. The van der Waals surface area contributed by atoms with Gasteiger partial charge in [0.15, 0.2) is 5.78 Å². The van der Waals surface area contributed by atoms with Crippen molar-refractivity contribution >= 4 is 5.78 Å². The molecular formula is C20H30O2. The summed E-state index contributed by atoms with van der Waals surface area (Å²) in [4.78, 5) is 12.5. The van der Waals surface area contributed by atoms with Crippen molar-refractivity contribution < 1.29 is 9.90 Å². The molecule has 4 aliphatic carbocycles. The van der Waals surface area contributed by atoms with E-state index in [0.29, 0.717) is 23.7 Å². The first-order valence-corrected chi connectivity index (χ1v) is 9.09. The summed E-state index contributed by atoms with van der Waals surface area (Å²) >= 11 is 0. The van der Waals surface area contributed by atoms with Gasteiger partial charge < -0.3 is 5.11 Å². The summed E-state index contributed by atoms with van der Waals surface area (Å²) in [5.74, 6) is 1.94. The van der Waals surface area contributed by atoms with Crippen LogP contribution < -0.4 is 0 Å². The summed E-state index contributed by atoms with van der Waals surface area (Å²) in [6.45, 7) is 11.0. The van der Waals surface area contributed by atoms with E-state index < -0.39 is 6.10 Å². The fourth-order valence-electron chi connectivity index (χ4n) is 7.49. The molecule has 2 bridgehead atoms. The van der Waals surface area contributed by atoms with E-state index in [1.165, 1.54) is 44.1 Å². The first-order valence-electron chi connectivity index (χ1n) is 9.09. The number of carbonyl (C=O) groups excluding carboxylic acids is 1. The predicted molar refractivity (Wildman–Crippen MR) is 87.3 cm³/mol. The van der Waals surface area contributed by atoms with Crippen LogP contribution in [0.1, 0.15) is 65.7 Å². The molecule has 0 unspecified atom stereocenters. The van der Waals surface area contributed by atoms with Crippen LogP contribution in [0.15, 0.2) is 12.2 Å². The Bertz CT molecular complexity index is 548. The van der Waals surface area contributed by atoms with Gasteiger partial charge in [-0.1, -0.05) is 32.9 Å². The van der Waals surface area contributed by atoms with E-state index in [2.05, 4.69) is 27.4 Å². The lowest BCUT2D eigenvalue weighted by molar-refractivity contribution is -0.186. The highest BCUT2D eigenvalue weighted by Gasteiger charge is 2.65. The van der Waals surface area contributed by atoms with Gasteiger partial charge >= 0.3 is 0 Å². The van der Waals surface area contributed by atoms with E-state index in [0.717, 1.165) is 5.92 Å². The van der Waals surface area contributed by atoms with Gasteiger partial charge in [0.2, 0.25) is 0 Å². The molecule has 2 nitrogen and oxygen atoms in total. The lowest BCUT2D eigenvalue weighted by atomic mass is 9.40. The van der Waals surface area contributed by atoms with E-state index in [-0.39, 0.29) is 16.6 Å². The Kier molecular flexibility index (Phi) is 2.89. The Morgan fingerprint density at radius 1 is 1.09 bits per heavy atom. The van der Waals surface area contributed by atoms with Crippen LogP contribution in [-0.2, 0) is 4.79 Å². The minimum absolute atomic E-state index is 0.0770. The molecule has 0 saturated heterocycles. The summed E-state index contributed by atoms with van der Waals surface area (Å²) in [6.07, 6.45) is 7.31. The van der Waals surface area contributed by atoms with Crippen LogP contribution in [-0.4, -0.2) is 17.0 Å². The highest BCUT2D eigenvalue weighted by molar-refractivity contribution is 5.85. The second-order valence-corrected chi connectivity index (χ2v) is 9.69. The number of hydrogen-bond donors (Lipinski definition) is 1. The number of fused-ring (bicyclic) bond motifs is 3. The Labute approximate surface area is 134 Å². The lowest BCUT2D eigenvalue weighted by Crippen LogP contribution is -2.62. The van der Waals surface area contributed by atoms with Crippen molar-refractivity contribution in [2.45, 2.75) is 71.8 Å². The minimum Gasteiger partial charge on any atom is -0.385 e. The maximum Gasteiger partial charge on any atom is 0.162 e. The van der Waals surface area contributed by atoms with Crippen molar-refractivity contribution in [3.05, 3.63) is 12.2 Å². The van der Waals surface area contributed by atoms with E-state index >= 15 is 0 Å². The number of rotatable bonds is 0.